The minimum Gasteiger partial charge on any atom is -0.478 e. The third kappa shape index (κ3) is 2.68. The molecule has 1 aliphatic rings. The van der Waals surface area contributed by atoms with Crippen molar-refractivity contribution in [3.8, 4) is 0 Å². The molecule has 19 heavy (non-hydrogen) atoms. The summed E-state index contributed by atoms with van der Waals surface area (Å²) in [4.78, 5) is 26.2. The molecule has 1 saturated heterocycles. The highest BCUT2D eigenvalue weighted by atomic mass is 16.4. The molecule has 0 aromatic heterocycles. The van der Waals surface area contributed by atoms with Gasteiger partial charge in [0.2, 0.25) is 0 Å². The normalized spacial score (nSPS) is 18.4. The van der Waals surface area contributed by atoms with Crippen molar-refractivity contribution in [1.29, 1.82) is 0 Å². The number of hydrogen-bond acceptors (Lipinski definition) is 3. The van der Waals surface area contributed by atoms with Crippen molar-refractivity contribution in [2.45, 2.75) is 12.5 Å². The van der Waals surface area contributed by atoms with Gasteiger partial charge in [-0.1, -0.05) is 12.1 Å². The largest absolute Gasteiger partial charge is 0.478 e. The number of rotatable bonds is 2. The second-order valence-corrected chi connectivity index (χ2v) is 4.55. The Morgan fingerprint density at radius 1 is 1.37 bits per heavy atom. The predicted octanol–water partition coefficient (Wildman–Crippen LogP) is 1.01. The van der Waals surface area contributed by atoms with Gasteiger partial charge >= 0.3 is 12.0 Å². The molecule has 102 valence electrons. The first-order chi connectivity index (χ1) is 9.00. The number of carboxylic acid groups (broad SMARTS) is 1. The zero-order chi connectivity index (χ0) is 14.0. The fourth-order valence-corrected chi connectivity index (χ4v) is 2.18. The van der Waals surface area contributed by atoms with Crippen LogP contribution in [0.4, 0.5) is 10.5 Å². The summed E-state index contributed by atoms with van der Waals surface area (Å²) >= 11 is 0. The van der Waals surface area contributed by atoms with Crippen LogP contribution in [-0.2, 0) is 0 Å². The van der Waals surface area contributed by atoms with Crippen LogP contribution in [0.1, 0.15) is 16.8 Å². The molecular formula is C13H16N2O4. The summed E-state index contributed by atoms with van der Waals surface area (Å²) in [5.74, 6) is -1.07. The number of aliphatic hydroxyl groups is 1. The van der Waals surface area contributed by atoms with E-state index in [0.29, 0.717) is 25.2 Å². The average molecular weight is 264 g/mol. The van der Waals surface area contributed by atoms with Crippen LogP contribution in [-0.4, -0.2) is 53.4 Å². The van der Waals surface area contributed by atoms with E-state index in [1.807, 2.05) is 0 Å². The van der Waals surface area contributed by atoms with Crippen molar-refractivity contribution >= 4 is 17.7 Å². The van der Waals surface area contributed by atoms with Gasteiger partial charge in [-0.3, -0.25) is 4.90 Å². The van der Waals surface area contributed by atoms with Gasteiger partial charge in [-0.2, -0.15) is 0 Å². The van der Waals surface area contributed by atoms with Crippen LogP contribution in [0.25, 0.3) is 0 Å². The number of para-hydroxylation sites is 1. The Labute approximate surface area is 110 Å². The SMILES string of the molecule is CN(C(=O)N1CCC(O)C1)c1ccccc1C(=O)O. The lowest BCUT2D eigenvalue weighted by atomic mass is 10.1. The van der Waals surface area contributed by atoms with Gasteiger partial charge in [-0.25, -0.2) is 9.59 Å². The van der Waals surface area contributed by atoms with E-state index < -0.39 is 12.1 Å². The molecule has 1 aromatic rings. The molecule has 0 saturated carbocycles. The first-order valence-corrected chi connectivity index (χ1v) is 6.03. The Kier molecular flexibility index (Phi) is 3.71. The average Bonchev–Trinajstić information content (AvgIpc) is 2.83. The molecule has 6 nitrogen and oxygen atoms in total. The van der Waals surface area contributed by atoms with Crippen molar-refractivity contribution in [3.05, 3.63) is 29.8 Å². The zero-order valence-electron chi connectivity index (χ0n) is 10.6. The van der Waals surface area contributed by atoms with Gasteiger partial charge in [-0.05, 0) is 18.6 Å². The number of anilines is 1. The van der Waals surface area contributed by atoms with Crippen molar-refractivity contribution in [1.82, 2.24) is 4.90 Å². The first kappa shape index (κ1) is 13.4. The van der Waals surface area contributed by atoms with Crippen LogP contribution in [0, 0.1) is 0 Å². The lowest BCUT2D eigenvalue weighted by Crippen LogP contribution is -2.40. The molecule has 0 bridgehead atoms. The molecule has 1 aliphatic heterocycles. The number of carbonyl (C=O) groups is 2. The van der Waals surface area contributed by atoms with E-state index >= 15 is 0 Å². The molecule has 2 N–H and O–H groups in total. The molecule has 1 aromatic carbocycles. The number of benzene rings is 1. The molecule has 6 heteroatoms. The van der Waals surface area contributed by atoms with Gasteiger partial charge in [-0.15, -0.1) is 0 Å². The lowest BCUT2D eigenvalue weighted by Gasteiger charge is -2.25. The summed E-state index contributed by atoms with van der Waals surface area (Å²) in [6, 6.07) is 6.05. The summed E-state index contributed by atoms with van der Waals surface area (Å²) in [6.45, 7) is 0.776. The summed E-state index contributed by atoms with van der Waals surface area (Å²) in [5, 5.41) is 18.5. The number of aromatic carboxylic acids is 1. The van der Waals surface area contributed by atoms with E-state index in [-0.39, 0.29) is 11.6 Å². The Hall–Kier alpha value is -2.08. The summed E-state index contributed by atoms with van der Waals surface area (Å²) in [5.41, 5.74) is 0.430. The topological polar surface area (TPSA) is 81.1 Å². The predicted molar refractivity (Wildman–Crippen MR) is 69.4 cm³/mol. The van der Waals surface area contributed by atoms with Gasteiger partial charge in [0.15, 0.2) is 0 Å². The number of carboxylic acids is 1. The standard InChI is InChI=1S/C13H16N2O4/c1-14(13(19)15-7-6-9(16)8-15)11-5-3-2-4-10(11)12(17)18/h2-5,9,16H,6-8H2,1H3,(H,17,18). The molecule has 1 atom stereocenters. The lowest BCUT2D eigenvalue weighted by molar-refractivity contribution is 0.0697. The van der Waals surface area contributed by atoms with Crippen LogP contribution >= 0.6 is 0 Å². The van der Waals surface area contributed by atoms with E-state index in [1.54, 1.807) is 18.2 Å². The number of β-amino-alcohol motifs (C(OH)–C–C–N with tert-alkyl or cyclic N) is 1. The number of likely N-dealkylation sites (tertiary alicyclic amines) is 1. The van der Waals surface area contributed by atoms with E-state index in [9.17, 15) is 14.7 Å². The molecule has 2 rings (SSSR count). The fourth-order valence-electron chi connectivity index (χ4n) is 2.18. The summed E-state index contributed by atoms with van der Waals surface area (Å²) in [6.07, 6.45) is 0.0623. The maximum Gasteiger partial charge on any atom is 0.337 e. The Balaban J connectivity index is 2.22. The van der Waals surface area contributed by atoms with Crippen LogP contribution in [0.5, 0.6) is 0 Å². The summed E-state index contributed by atoms with van der Waals surface area (Å²) in [7, 11) is 1.54. The smallest absolute Gasteiger partial charge is 0.337 e. The van der Waals surface area contributed by atoms with Crippen LogP contribution in [0.3, 0.4) is 0 Å². The number of urea groups is 1. The molecule has 1 fully saturated rings. The molecule has 1 unspecified atom stereocenters. The monoisotopic (exact) mass is 264 g/mol. The zero-order valence-corrected chi connectivity index (χ0v) is 10.6. The Morgan fingerprint density at radius 3 is 2.63 bits per heavy atom. The Bertz CT molecular complexity index is 503. The Morgan fingerprint density at radius 2 is 2.05 bits per heavy atom. The van der Waals surface area contributed by atoms with Crippen LogP contribution in [0.15, 0.2) is 24.3 Å². The third-order valence-electron chi connectivity index (χ3n) is 3.22. The molecule has 0 spiro atoms. The molecule has 0 aliphatic carbocycles. The minimum atomic E-state index is -1.07. The van der Waals surface area contributed by atoms with Gasteiger partial charge < -0.3 is 15.1 Å². The van der Waals surface area contributed by atoms with E-state index in [4.69, 9.17) is 5.11 Å². The molecule has 2 amide bonds. The number of nitrogens with zero attached hydrogens (tertiary/aromatic N) is 2. The van der Waals surface area contributed by atoms with Crippen LogP contribution < -0.4 is 4.90 Å². The fraction of sp³-hybridized carbons (Fsp3) is 0.385. The minimum absolute atomic E-state index is 0.0816. The van der Waals surface area contributed by atoms with Gasteiger partial charge in [0.1, 0.15) is 0 Å². The van der Waals surface area contributed by atoms with E-state index in [2.05, 4.69) is 0 Å². The summed E-state index contributed by atoms with van der Waals surface area (Å²) < 4.78 is 0. The van der Waals surface area contributed by atoms with Gasteiger partial charge in [0.25, 0.3) is 0 Å². The highest BCUT2D eigenvalue weighted by Crippen LogP contribution is 2.21. The molecule has 0 radical (unpaired) electrons. The quantitative estimate of drug-likeness (QED) is 0.835. The molecular weight excluding hydrogens is 248 g/mol. The maximum atomic E-state index is 12.2. The van der Waals surface area contributed by atoms with Crippen molar-refractivity contribution in [2.75, 3.05) is 25.0 Å². The van der Waals surface area contributed by atoms with E-state index in [0.717, 1.165) is 0 Å². The first-order valence-electron chi connectivity index (χ1n) is 6.03. The number of hydrogen-bond donors (Lipinski definition) is 2. The number of amides is 2. The molecule has 1 heterocycles. The number of carbonyl (C=O) groups excluding carboxylic acids is 1. The van der Waals surface area contributed by atoms with Gasteiger partial charge in [0, 0.05) is 20.1 Å². The van der Waals surface area contributed by atoms with E-state index in [1.165, 1.54) is 22.9 Å². The van der Waals surface area contributed by atoms with Crippen molar-refractivity contribution in [3.63, 3.8) is 0 Å². The van der Waals surface area contributed by atoms with Crippen molar-refractivity contribution in [2.24, 2.45) is 0 Å². The number of aliphatic hydroxyl groups excluding tert-OH is 1. The van der Waals surface area contributed by atoms with Crippen LogP contribution in [0.2, 0.25) is 0 Å². The third-order valence-corrected chi connectivity index (χ3v) is 3.22. The maximum absolute atomic E-state index is 12.2. The second kappa shape index (κ2) is 5.27. The second-order valence-electron chi connectivity index (χ2n) is 4.55. The highest BCUT2D eigenvalue weighted by Gasteiger charge is 2.28. The van der Waals surface area contributed by atoms with Crippen molar-refractivity contribution < 1.29 is 19.8 Å². The van der Waals surface area contributed by atoms with Gasteiger partial charge in [0.05, 0.1) is 17.4 Å². The highest BCUT2D eigenvalue weighted by molar-refractivity contribution is 6.01.